The molecule has 1 aliphatic heterocycles. The van der Waals surface area contributed by atoms with Crippen molar-refractivity contribution in [2.75, 3.05) is 26.3 Å². The molecular weight excluding hydrogens is 280 g/mol. The average molecular weight is 302 g/mol. The summed E-state index contributed by atoms with van der Waals surface area (Å²) in [7, 11) is -3.48. The summed E-state index contributed by atoms with van der Waals surface area (Å²) < 4.78 is 34.0. The Kier molecular flexibility index (Phi) is 5.53. The van der Waals surface area contributed by atoms with Gasteiger partial charge in [0.05, 0.1) is 12.7 Å². The fraction of sp³-hybridized carbons (Fsp3) is 0.750. The summed E-state index contributed by atoms with van der Waals surface area (Å²) in [6, 6.07) is -0.0427. The van der Waals surface area contributed by atoms with Crippen molar-refractivity contribution in [3.05, 3.63) is 12.4 Å². The van der Waals surface area contributed by atoms with Crippen LogP contribution in [0, 0.1) is 0 Å². The number of ether oxygens (including phenoxy) is 1. The van der Waals surface area contributed by atoms with Crippen LogP contribution in [-0.4, -0.2) is 50.5 Å². The van der Waals surface area contributed by atoms with E-state index in [0.29, 0.717) is 32.6 Å². The van der Waals surface area contributed by atoms with Crippen molar-refractivity contribution in [1.29, 1.82) is 0 Å². The van der Waals surface area contributed by atoms with Gasteiger partial charge in [-0.2, -0.15) is 5.10 Å². The number of hydrogen-bond acceptors (Lipinski definition) is 5. The lowest BCUT2D eigenvalue weighted by molar-refractivity contribution is 0.0832. The van der Waals surface area contributed by atoms with E-state index < -0.39 is 10.0 Å². The highest BCUT2D eigenvalue weighted by atomic mass is 32.2. The number of nitrogens with zero attached hydrogens (tertiary/aromatic N) is 2. The first-order chi connectivity index (χ1) is 9.62. The van der Waals surface area contributed by atoms with Crippen molar-refractivity contribution >= 4 is 10.0 Å². The highest BCUT2D eigenvalue weighted by Crippen LogP contribution is 2.12. The predicted molar refractivity (Wildman–Crippen MR) is 74.9 cm³/mol. The standard InChI is InChI=1S/C12H22N4O3S/c1-2-13-5-6-16-10-12(9-14-16)20(17,18)15-11-3-7-19-8-4-11/h9-11,13,15H,2-8H2,1H3. The lowest BCUT2D eigenvalue weighted by Gasteiger charge is -2.22. The number of nitrogens with one attached hydrogen (secondary N) is 2. The molecule has 0 unspecified atom stereocenters. The van der Waals surface area contributed by atoms with E-state index in [1.807, 2.05) is 6.92 Å². The van der Waals surface area contributed by atoms with Crippen molar-refractivity contribution < 1.29 is 13.2 Å². The number of likely N-dealkylation sites (N-methyl/N-ethyl adjacent to an activating group) is 1. The van der Waals surface area contributed by atoms with Crippen LogP contribution in [0.2, 0.25) is 0 Å². The van der Waals surface area contributed by atoms with Crippen LogP contribution in [0.3, 0.4) is 0 Å². The third-order valence-corrected chi connectivity index (χ3v) is 4.71. The Morgan fingerprint density at radius 3 is 2.90 bits per heavy atom. The van der Waals surface area contributed by atoms with E-state index in [4.69, 9.17) is 4.74 Å². The Balaban J connectivity index is 1.94. The van der Waals surface area contributed by atoms with E-state index in [1.54, 1.807) is 10.9 Å². The highest BCUT2D eigenvalue weighted by Gasteiger charge is 2.23. The van der Waals surface area contributed by atoms with E-state index in [1.165, 1.54) is 6.20 Å². The quantitative estimate of drug-likeness (QED) is 0.690. The van der Waals surface area contributed by atoms with E-state index in [2.05, 4.69) is 15.1 Å². The van der Waals surface area contributed by atoms with Gasteiger partial charge >= 0.3 is 0 Å². The van der Waals surface area contributed by atoms with Crippen molar-refractivity contribution in [2.45, 2.75) is 37.2 Å². The fourth-order valence-corrected chi connectivity index (χ4v) is 3.34. The van der Waals surface area contributed by atoms with Crippen LogP contribution < -0.4 is 10.0 Å². The minimum absolute atomic E-state index is 0.0427. The molecule has 0 bridgehead atoms. The molecule has 7 nitrogen and oxygen atoms in total. The molecule has 1 aromatic heterocycles. The first-order valence-corrected chi connectivity index (χ1v) is 8.43. The molecule has 2 rings (SSSR count). The number of hydrogen-bond donors (Lipinski definition) is 2. The molecule has 0 aromatic carbocycles. The fourth-order valence-electron chi connectivity index (χ4n) is 2.08. The Morgan fingerprint density at radius 1 is 1.45 bits per heavy atom. The maximum Gasteiger partial charge on any atom is 0.243 e. The Labute approximate surface area is 119 Å². The van der Waals surface area contributed by atoms with Crippen LogP contribution in [0.4, 0.5) is 0 Å². The molecule has 2 N–H and O–H groups in total. The van der Waals surface area contributed by atoms with Gasteiger partial charge < -0.3 is 10.1 Å². The Morgan fingerprint density at radius 2 is 2.20 bits per heavy atom. The van der Waals surface area contributed by atoms with Crippen molar-refractivity contribution in [3.8, 4) is 0 Å². The first-order valence-electron chi connectivity index (χ1n) is 6.95. The summed E-state index contributed by atoms with van der Waals surface area (Å²) in [5.74, 6) is 0. The Hall–Kier alpha value is -0.960. The van der Waals surface area contributed by atoms with Crippen LogP contribution in [-0.2, 0) is 21.3 Å². The second-order valence-electron chi connectivity index (χ2n) is 4.80. The zero-order chi connectivity index (χ0) is 14.4. The molecule has 1 aromatic rings. The summed E-state index contributed by atoms with van der Waals surface area (Å²) in [5, 5.41) is 7.25. The van der Waals surface area contributed by atoms with Gasteiger partial charge in [0, 0.05) is 32.0 Å². The van der Waals surface area contributed by atoms with Gasteiger partial charge in [0.1, 0.15) is 4.90 Å². The van der Waals surface area contributed by atoms with Gasteiger partial charge in [0.2, 0.25) is 10.0 Å². The van der Waals surface area contributed by atoms with Gasteiger partial charge in [-0.25, -0.2) is 13.1 Å². The molecule has 1 fully saturated rings. The molecule has 0 saturated carbocycles. The minimum Gasteiger partial charge on any atom is -0.381 e. The topological polar surface area (TPSA) is 85.2 Å². The van der Waals surface area contributed by atoms with Crippen LogP contribution in [0.25, 0.3) is 0 Å². The van der Waals surface area contributed by atoms with Crippen molar-refractivity contribution in [3.63, 3.8) is 0 Å². The van der Waals surface area contributed by atoms with Crippen molar-refractivity contribution in [2.24, 2.45) is 0 Å². The van der Waals surface area contributed by atoms with Crippen molar-refractivity contribution in [1.82, 2.24) is 19.8 Å². The average Bonchev–Trinajstić information content (AvgIpc) is 2.89. The van der Waals surface area contributed by atoms with E-state index in [9.17, 15) is 8.42 Å². The molecule has 0 aliphatic carbocycles. The molecule has 8 heteroatoms. The number of aromatic nitrogens is 2. The number of sulfonamides is 1. The van der Waals surface area contributed by atoms with Gasteiger partial charge in [-0.3, -0.25) is 4.68 Å². The molecule has 2 heterocycles. The second kappa shape index (κ2) is 7.16. The summed E-state index contributed by atoms with van der Waals surface area (Å²) >= 11 is 0. The zero-order valence-electron chi connectivity index (χ0n) is 11.7. The molecule has 1 saturated heterocycles. The van der Waals surface area contributed by atoms with Gasteiger partial charge in [0.25, 0.3) is 0 Å². The SMILES string of the molecule is CCNCCn1cc(S(=O)(=O)NC2CCOCC2)cn1. The van der Waals surface area contributed by atoms with E-state index in [-0.39, 0.29) is 10.9 Å². The minimum atomic E-state index is -3.48. The maximum absolute atomic E-state index is 12.2. The third-order valence-electron chi connectivity index (χ3n) is 3.23. The summed E-state index contributed by atoms with van der Waals surface area (Å²) in [6.07, 6.45) is 4.40. The lowest BCUT2D eigenvalue weighted by Crippen LogP contribution is -2.38. The van der Waals surface area contributed by atoms with Crippen LogP contribution >= 0.6 is 0 Å². The number of rotatable bonds is 7. The normalized spacial score (nSPS) is 17.4. The van der Waals surface area contributed by atoms with Crippen LogP contribution in [0.1, 0.15) is 19.8 Å². The van der Waals surface area contributed by atoms with E-state index in [0.717, 1.165) is 13.1 Å². The second-order valence-corrected chi connectivity index (χ2v) is 6.51. The maximum atomic E-state index is 12.2. The third kappa shape index (κ3) is 4.27. The summed E-state index contributed by atoms with van der Waals surface area (Å²) in [4.78, 5) is 0.223. The van der Waals surface area contributed by atoms with Crippen LogP contribution in [0.15, 0.2) is 17.3 Å². The van der Waals surface area contributed by atoms with Gasteiger partial charge in [-0.1, -0.05) is 6.92 Å². The Bertz CT molecular complexity index is 509. The molecular formula is C12H22N4O3S. The largest absolute Gasteiger partial charge is 0.381 e. The molecule has 114 valence electrons. The zero-order valence-corrected chi connectivity index (χ0v) is 12.5. The highest BCUT2D eigenvalue weighted by molar-refractivity contribution is 7.89. The molecule has 0 radical (unpaired) electrons. The van der Waals surface area contributed by atoms with Gasteiger partial charge in [-0.15, -0.1) is 0 Å². The molecule has 1 aliphatic rings. The molecule has 0 atom stereocenters. The molecule has 20 heavy (non-hydrogen) atoms. The lowest BCUT2D eigenvalue weighted by atomic mass is 10.1. The van der Waals surface area contributed by atoms with Gasteiger partial charge in [0.15, 0.2) is 0 Å². The van der Waals surface area contributed by atoms with Gasteiger partial charge in [-0.05, 0) is 19.4 Å². The summed E-state index contributed by atoms with van der Waals surface area (Å²) in [6.45, 7) is 5.55. The van der Waals surface area contributed by atoms with E-state index >= 15 is 0 Å². The molecule has 0 amide bonds. The smallest absolute Gasteiger partial charge is 0.243 e. The monoisotopic (exact) mass is 302 g/mol. The predicted octanol–water partition coefficient (Wildman–Crippen LogP) is -0.0501. The summed E-state index contributed by atoms with van der Waals surface area (Å²) in [5.41, 5.74) is 0. The molecule has 0 spiro atoms. The van der Waals surface area contributed by atoms with Crippen LogP contribution in [0.5, 0.6) is 0 Å². The first kappa shape index (κ1) is 15.4.